The van der Waals surface area contributed by atoms with Gasteiger partial charge in [0.1, 0.15) is 11.6 Å². The van der Waals surface area contributed by atoms with Crippen molar-refractivity contribution in [1.82, 2.24) is 19.7 Å². The maximum Gasteiger partial charge on any atom is 0.266 e. The van der Waals surface area contributed by atoms with Crippen LogP contribution in [0.2, 0.25) is 0 Å². The number of hydrogen-bond donors (Lipinski definition) is 0. The Hall–Kier alpha value is -3.81. The van der Waals surface area contributed by atoms with Gasteiger partial charge in [0.2, 0.25) is 0 Å². The first-order valence-electron chi connectivity index (χ1n) is 12.4. The Balaban J connectivity index is 1.23. The average Bonchev–Trinajstić information content (AvgIpc) is 3.31. The lowest BCUT2D eigenvalue weighted by atomic mass is 9.96. The Morgan fingerprint density at radius 1 is 0.857 bits per heavy atom. The molecule has 0 saturated carbocycles. The van der Waals surface area contributed by atoms with Crippen molar-refractivity contribution in [3.05, 3.63) is 76.9 Å². The molecule has 1 fully saturated rings. The lowest BCUT2D eigenvalue weighted by molar-refractivity contribution is 0.0702. The topological polar surface area (TPSA) is 88.4 Å². The number of aromatic nitrogens is 3. The molecule has 8 heteroatoms. The van der Waals surface area contributed by atoms with Crippen LogP contribution in [0.1, 0.15) is 80.7 Å². The van der Waals surface area contributed by atoms with Gasteiger partial charge in [0.25, 0.3) is 17.7 Å². The van der Waals surface area contributed by atoms with Gasteiger partial charge in [-0.15, -0.1) is 10.2 Å². The highest BCUT2D eigenvalue weighted by Gasteiger charge is 2.37. The third kappa shape index (κ3) is 3.73. The molecule has 3 aromatic rings. The lowest BCUT2D eigenvalue weighted by Gasteiger charge is -2.32. The largest absolute Gasteiger partial charge is 0.338 e. The predicted octanol–water partition coefficient (Wildman–Crippen LogP) is 3.82. The summed E-state index contributed by atoms with van der Waals surface area (Å²) >= 11 is 0. The minimum Gasteiger partial charge on any atom is -0.338 e. The van der Waals surface area contributed by atoms with Crippen molar-refractivity contribution in [2.45, 2.75) is 51.0 Å². The van der Waals surface area contributed by atoms with Gasteiger partial charge in [-0.05, 0) is 56.0 Å². The van der Waals surface area contributed by atoms with Gasteiger partial charge in [-0.2, -0.15) is 0 Å². The Morgan fingerprint density at radius 2 is 1.66 bits per heavy atom. The summed E-state index contributed by atoms with van der Waals surface area (Å²) in [5.74, 6) is 1.41. The van der Waals surface area contributed by atoms with E-state index >= 15 is 0 Å². The molecule has 3 aliphatic rings. The molecule has 0 radical (unpaired) electrons. The van der Waals surface area contributed by atoms with Crippen LogP contribution in [0, 0.1) is 0 Å². The van der Waals surface area contributed by atoms with E-state index < -0.39 is 0 Å². The molecule has 1 unspecified atom stereocenters. The molecule has 0 N–H and O–H groups in total. The average molecular weight is 470 g/mol. The number of amides is 3. The number of nitrogens with zero attached hydrogens (tertiary/aromatic N) is 5. The molecule has 2 aromatic carbocycles. The SMILES string of the molecule is O=C(c1cccc(N2C(=O)c3ccccc3C2=O)c1)N1CCCC(c2nnc3n2CCCCC3)C1. The Kier molecular flexibility index (Phi) is 5.43. The minimum atomic E-state index is -0.360. The molecule has 3 amide bonds. The van der Waals surface area contributed by atoms with Gasteiger partial charge in [-0.25, -0.2) is 4.90 Å². The van der Waals surface area contributed by atoms with E-state index in [1.54, 1.807) is 48.5 Å². The zero-order chi connectivity index (χ0) is 23.9. The predicted molar refractivity (Wildman–Crippen MR) is 129 cm³/mol. The molecule has 1 saturated heterocycles. The van der Waals surface area contributed by atoms with Crippen molar-refractivity contribution >= 4 is 23.4 Å². The highest BCUT2D eigenvalue weighted by molar-refractivity contribution is 6.34. The maximum absolute atomic E-state index is 13.5. The number of likely N-dealkylation sites (tertiary alicyclic amines) is 1. The van der Waals surface area contributed by atoms with E-state index in [-0.39, 0.29) is 23.6 Å². The fourth-order valence-corrected chi connectivity index (χ4v) is 5.57. The fourth-order valence-electron chi connectivity index (χ4n) is 5.57. The maximum atomic E-state index is 13.5. The first-order chi connectivity index (χ1) is 17.1. The number of imide groups is 1. The highest BCUT2D eigenvalue weighted by atomic mass is 16.2. The van der Waals surface area contributed by atoms with Crippen molar-refractivity contribution in [3.63, 3.8) is 0 Å². The summed E-state index contributed by atoms with van der Waals surface area (Å²) in [6.45, 7) is 2.21. The van der Waals surface area contributed by atoms with Gasteiger partial charge in [-0.1, -0.05) is 24.6 Å². The molecular weight excluding hydrogens is 442 g/mol. The summed E-state index contributed by atoms with van der Waals surface area (Å²) in [6, 6.07) is 13.6. The third-order valence-electron chi connectivity index (χ3n) is 7.36. The smallest absolute Gasteiger partial charge is 0.266 e. The molecular formula is C27H27N5O3. The molecule has 0 aliphatic carbocycles. The number of anilines is 1. The quantitative estimate of drug-likeness (QED) is 0.544. The molecule has 3 aliphatic heterocycles. The van der Waals surface area contributed by atoms with E-state index in [2.05, 4.69) is 14.8 Å². The van der Waals surface area contributed by atoms with Crippen molar-refractivity contribution in [2.75, 3.05) is 18.0 Å². The number of aryl methyl sites for hydroxylation is 1. The zero-order valence-corrected chi connectivity index (χ0v) is 19.5. The van der Waals surface area contributed by atoms with Crippen LogP contribution in [0.5, 0.6) is 0 Å². The Morgan fingerprint density at radius 3 is 2.46 bits per heavy atom. The molecule has 35 heavy (non-hydrogen) atoms. The lowest BCUT2D eigenvalue weighted by Crippen LogP contribution is -2.40. The van der Waals surface area contributed by atoms with Crippen molar-refractivity contribution in [1.29, 1.82) is 0 Å². The van der Waals surface area contributed by atoms with E-state index in [0.29, 0.717) is 35.5 Å². The van der Waals surface area contributed by atoms with Crippen LogP contribution >= 0.6 is 0 Å². The van der Waals surface area contributed by atoms with E-state index in [4.69, 9.17) is 0 Å². The second-order valence-corrected chi connectivity index (χ2v) is 9.57. The van der Waals surface area contributed by atoms with Gasteiger partial charge in [0, 0.05) is 37.5 Å². The summed E-state index contributed by atoms with van der Waals surface area (Å²) in [7, 11) is 0. The second kappa shape index (κ2) is 8.76. The Labute approximate surface area is 203 Å². The molecule has 0 spiro atoms. The second-order valence-electron chi connectivity index (χ2n) is 9.57. The molecule has 6 rings (SSSR count). The molecule has 178 valence electrons. The van der Waals surface area contributed by atoms with Gasteiger partial charge in [0.05, 0.1) is 16.8 Å². The van der Waals surface area contributed by atoms with Gasteiger partial charge in [-0.3, -0.25) is 14.4 Å². The number of carbonyl (C=O) groups is 3. The number of hydrogen-bond acceptors (Lipinski definition) is 5. The summed E-state index contributed by atoms with van der Waals surface area (Å²) in [5, 5.41) is 8.97. The fraction of sp³-hybridized carbons (Fsp3) is 0.370. The van der Waals surface area contributed by atoms with Gasteiger partial charge >= 0.3 is 0 Å². The molecule has 1 atom stereocenters. The van der Waals surface area contributed by atoms with Crippen LogP contribution in [-0.2, 0) is 13.0 Å². The summed E-state index contributed by atoms with van der Waals surface area (Å²) in [4.78, 5) is 42.3. The number of carbonyl (C=O) groups excluding carboxylic acids is 3. The van der Waals surface area contributed by atoms with E-state index in [1.165, 1.54) is 6.42 Å². The summed E-state index contributed by atoms with van der Waals surface area (Å²) < 4.78 is 2.27. The first kappa shape index (κ1) is 21.7. The summed E-state index contributed by atoms with van der Waals surface area (Å²) in [5.41, 5.74) is 1.67. The van der Waals surface area contributed by atoms with Crippen molar-refractivity contribution in [3.8, 4) is 0 Å². The normalized spacial score (nSPS) is 19.9. The van der Waals surface area contributed by atoms with E-state index in [9.17, 15) is 14.4 Å². The van der Waals surface area contributed by atoms with Crippen molar-refractivity contribution in [2.24, 2.45) is 0 Å². The van der Waals surface area contributed by atoms with E-state index in [1.807, 2.05) is 4.90 Å². The van der Waals surface area contributed by atoms with Gasteiger partial charge < -0.3 is 9.47 Å². The van der Waals surface area contributed by atoms with Crippen LogP contribution in [0.15, 0.2) is 48.5 Å². The van der Waals surface area contributed by atoms with Crippen LogP contribution in [-0.4, -0.2) is 50.5 Å². The standard InChI is InChI=1S/C27H27N5O3/c33-25(30-14-7-9-19(17-30)24-29-28-23-13-2-1-5-15-31(23)24)18-8-6-10-20(16-18)32-26(34)21-11-3-4-12-22(21)27(32)35/h3-4,6,8,10-12,16,19H,1-2,5,7,9,13-15,17H2. The number of rotatable bonds is 3. The van der Waals surface area contributed by atoms with Crippen LogP contribution in [0.4, 0.5) is 5.69 Å². The molecule has 1 aromatic heterocycles. The minimum absolute atomic E-state index is 0.0937. The summed E-state index contributed by atoms with van der Waals surface area (Å²) in [6.07, 6.45) is 6.34. The van der Waals surface area contributed by atoms with Gasteiger partial charge in [0.15, 0.2) is 0 Å². The van der Waals surface area contributed by atoms with Crippen LogP contribution < -0.4 is 4.90 Å². The van der Waals surface area contributed by atoms with Crippen molar-refractivity contribution < 1.29 is 14.4 Å². The number of piperidine rings is 1. The number of fused-ring (bicyclic) bond motifs is 2. The third-order valence-corrected chi connectivity index (χ3v) is 7.36. The van der Waals surface area contributed by atoms with Crippen LogP contribution in [0.3, 0.4) is 0 Å². The highest BCUT2D eigenvalue weighted by Crippen LogP contribution is 2.31. The first-order valence-corrected chi connectivity index (χ1v) is 12.4. The Bertz CT molecular complexity index is 1290. The molecule has 4 heterocycles. The van der Waals surface area contributed by atoms with Crippen LogP contribution in [0.25, 0.3) is 0 Å². The number of benzene rings is 2. The zero-order valence-electron chi connectivity index (χ0n) is 19.5. The van der Waals surface area contributed by atoms with E-state index in [0.717, 1.165) is 55.2 Å². The monoisotopic (exact) mass is 469 g/mol. The molecule has 0 bridgehead atoms. The molecule has 8 nitrogen and oxygen atoms in total.